The molecular formula is C39H48N2O6. The summed E-state index contributed by atoms with van der Waals surface area (Å²) in [5.74, 6) is -1.27. The van der Waals surface area contributed by atoms with Gasteiger partial charge in [0.2, 0.25) is 5.91 Å². The fourth-order valence-corrected chi connectivity index (χ4v) is 8.36. The fraction of sp³-hybridized carbons (Fsp3) is 0.487. The number of carboxylic acids is 1. The van der Waals surface area contributed by atoms with Gasteiger partial charge in [0.1, 0.15) is 0 Å². The summed E-state index contributed by atoms with van der Waals surface area (Å²) in [5.41, 5.74) is 6.58. The minimum absolute atomic E-state index is 0.00692. The standard InChI is InChI=1S/C39H48N2O6/c1-38(2)19-31-20-39(3,24-38)25-41(31)22-32-18-34(28-10-8-26(23-42)9-11-28)47-37(46-32)29-14-12-27(13-15-29)33-7-5-4-6-30(33)21-40-35(43)16-17-36(44)45/h4-15,31-32,34,37,42H,16-25H2,1-3H3,(H,40,43)(H,44,45)/t31?,32-,34+,37+,39?/m1/s1. The molecule has 2 aliphatic heterocycles. The van der Waals surface area contributed by atoms with E-state index in [0.29, 0.717) is 23.4 Å². The Balaban J connectivity index is 1.19. The summed E-state index contributed by atoms with van der Waals surface area (Å²) in [6, 6.07) is 24.8. The van der Waals surface area contributed by atoms with Crippen LogP contribution >= 0.6 is 0 Å². The van der Waals surface area contributed by atoms with Gasteiger partial charge in [-0.1, -0.05) is 93.6 Å². The molecule has 250 valence electrons. The van der Waals surface area contributed by atoms with Crippen molar-refractivity contribution in [2.45, 2.75) is 97.0 Å². The van der Waals surface area contributed by atoms with Gasteiger partial charge in [0, 0.05) is 44.1 Å². The molecule has 0 radical (unpaired) electrons. The molecule has 2 bridgehead atoms. The average molecular weight is 641 g/mol. The highest BCUT2D eigenvalue weighted by Gasteiger charge is 2.50. The maximum Gasteiger partial charge on any atom is 0.303 e. The van der Waals surface area contributed by atoms with Gasteiger partial charge in [0.15, 0.2) is 6.29 Å². The lowest BCUT2D eigenvalue weighted by molar-refractivity contribution is -0.253. The Hall–Kier alpha value is -3.56. The molecule has 47 heavy (non-hydrogen) atoms. The van der Waals surface area contributed by atoms with Crippen molar-refractivity contribution in [3.63, 3.8) is 0 Å². The molecule has 1 amide bonds. The molecule has 8 heteroatoms. The SMILES string of the molecule is CC1(C)CC2CC(C)(CN2C[C@H]2C[C@@H](c3ccc(CO)cc3)O[C@@H](c3ccc(-c4ccccc4CNC(=O)CCC(=O)O)cc3)O2)C1. The number of likely N-dealkylation sites (tertiary alicyclic amines) is 1. The van der Waals surface area contributed by atoms with Gasteiger partial charge in [-0.3, -0.25) is 14.5 Å². The molecule has 2 saturated heterocycles. The Morgan fingerprint density at radius 1 is 0.915 bits per heavy atom. The predicted octanol–water partition coefficient (Wildman–Crippen LogP) is 6.77. The topological polar surface area (TPSA) is 108 Å². The molecule has 2 heterocycles. The first kappa shape index (κ1) is 33.3. The Bertz CT molecular complexity index is 1550. The Morgan fingerprint density at radius 3 is 2.36 bits per heavy atom. The number of amides is 1. The monoisotopic (exact) mass is 640 g/mol. The third kappa shape index (κ3) is 8.12. The summed E-state index contributed by atoms with van der Waals surface area (Å²) >= 11 is 0. The first-order valence-corrected chi connectivity index (χ1v) is 16.9. The fourth-order valence-electron chi connectivity index (χ4n) is 8.36. The van der Waals surface area contributed by atoms with Crippen LogP contribution in [0.5, 0.6) is 0 Å². The van der Waals surface area contributed by atoms with Crippen molar-refractivity contribution in [2.75, 3.05) is 13.1 Å². The first-order valence-electron chi connectivity index (χ1n) is 16.9. The van der Waals surface area contributed by atoms with Gasteiger partial charge in [-0.15, -0.1) is 0 Å². The van der Waals surface area contributed by atoms with Gasteiger partial charge in [-0.05, 0) is 57.9 Å². The smallest absolute Gasteiger partial charge is 0.303 e. The highest BCUT2D eigenvalue weighted by molar-refractivity contribution is 5.80. The third-order valence-corrected chi connectivity index (χ3v) is 10.1. The number of aliphatic hydroxyl groups is 1. The van der Waals surface area contributed by atoms with Crippen LogP contribution in [0.2, 0.25) is 0 Å². The van der Waals surface area contributed by atoms with E-state index in [-0.39, 0.29) is 37.6 Å². The normalized spacial score (nSPS) is 27.0. The Labute approximate surface area is 278 Å². The molecule has 3 fully saturated rings. The predicted molar refractivity (Wildman–Crippen MR) is 180 cm³/mol. The molecule has 5 atom stereocenters. The number of hydrogen-bond acceptors (Lipinski definition) is 6. The van der Waals surface area contributed by atoms with E-state index in [2.05, 4.69) is 67.4 Å². The number of ether oxygens (including phenoxy) is 2. The number of carboxylic acid groups (broad SMARTS) is 1. The molecule has 2 unspecified atom stereocenters. The van der Waals surface area contributed by atoms with E-state index in [1.54, 1.807) is 0 Å². The van der Waals surface area contributed by atoms with E-state index in [9.17, 15) is 14.7 Å². The summed E-state index contributed by atoms with van der Waals surface area (Å²) < 4.78 is 13.4. The van der Waals surface area contributed by atoms with Gasteiger partial charge in [0.25, 0.3) is 0 Å². The van der Waals surface area contributed by atoms with Crippen LogP contribution in [-0.2, 0) is 32.2 Å². The summed E-state index contributed by atoms with van der Waals surface area (Å²) in [6.07, 6.45) is 3.61. The van der Waals surface area contributed by atoms with Crippen molar-refractivity contribution in [3.8, 4) is 11.1 Å². The van der Waals surface area contributed by atoms with Crippen LogP contribution in [0.1, 0.15) is 93.9 Å². The van der Waals surface area contributed by atoms with Gasteiger partial charge in [0.05, 0.1) is 25.2 Å². The maximum absolute atomic E-state index is 12.2. The van der Waals surface area contributed by atoms with E-state index in [1.165, 1.54) is 19.3 Å². The summed E-state index contributed by atoms with van der Waals surface area (Å²) in [4.78, 5) is 25.7. The molecule has 6 rings (SSSR count). The molecule has 0 aromatic heterocycles. The number of hydrogen-bond donors (Lipinski definition) is 3. The number of aliphatic carboxylic acids is 1. The van der Waals surface area contributed by atoms with Crippen molar-refractivity contribution in [1.29, 1.82) is 0 Å². The molecule has 3 aromatic rings. The van der Waals surface area contributed by atoms with E-state index in [0.717, 1.165) is 52.9 Å². The summed E-state index contributed by atoms with van der Waals surface area (Å²) in [7, 11) is 0. The number of aliphatic hydroxyl groups excluding tert-OH is 1. The van der Waals surface area contributed by atoms with Gasteiger partial charge < -0.3 is 25.0 Å². The van der Waals surface area contributed by atoms with Gasteiger partial charge in [-0.25, -0.2) is 0 Å². The largest absolute Gasteiger partial charge is 0.481 e. The molecule has 3 N–H and O–H groups in total. The third-order valence-electron chi connectivity index (χ3n) is 10.1. The van der Waals surface area contributed by atoms with Crippen LogP contribution in [-0.4, -0.2) is 52.2 Å². The molecule has 1 saturated carbocycles. The van der Waals surface area contributed by atoms with E-state index < -0.39 is 12.3 Å². The second kappa shape index (κ2) is 13.9. The van der Waals surface area contributed by atoms with Crippen molar-refractivity contribution in [2.24, 2.45) is 10.8 Å². The Kier molecular flexibility index (Phi) is 9.85. The van der Waals surface area contributed by atoms with Crippen molar-refractivity contribution in [3.05, 3.63) is 95.1 Å². The second-order valence-electron chi connectivity index (χ2n) is 14.9. The molecule has 3 aromatic carbocycles. The minimum atomic E-state index is -0.985. The average Bonchev–Trinajstić information content (AvgIpc) is 3.29. The molecule has 0 spiro atoms. The molecular weight excluding hydrogens is 592 g/mol. The van der Waals surface area contributed by atoms with E-state index in [1.807, 2.05) is 36.4 Å². The molecule has 1 aliphatic carbocycles. The van der Waals surface area contributed by atoms with E-state index >= 15 is 0 Å². The summed E-state index contributed by atoms with van der Waals surface area (Å²) in [5, 5.41) is 21.3. The van der Waals surface area contributed by atoms with Crippen LogP contribution < -0.4 is 5.32 Å². The highest BCUT2D eigenvalue weighted by Crippen LogP contribution is 2.53. The number of carbonyl (C=O) groups is 2. The van der Waals surface area contributed by atoms with Crippen LogP contribution in [0, 0.1) is 10.8 Å². The van der Waals surface area contributed by atoms with Crippen LogP contribution in [0.4, 0.5) is 0 Å². The quantitative estimate of drug-likeness (QED) is 0.212. The van der Waals surface area contributed by atoms with Crippen LogP contribution in [0.15, 0.2) is 72.8 Å². The lowest BCUT2D eigenvalue weighted by Gasteiger charge is -2.41. The highest BCUT2D eigenvalue weighted by atomic mass is 16.7. The first-order chi connectivity index (χ1) is 22.5. The molecule has 8 nitrogen and oxygen atoms in total. The van der Waals surface area contributed by atoms with Gasteiger partial charge in [-0.2, -0.15) is 0 Å². The van der Waals surface area contributed by atoms with Crippen molar-refractivity contribution >= 4 is 11.9 Å². The zero-order valence-corrected chi connectivity index (χ0v) is 27.8. The van der Waals surface area contributed by atoms with Gasteiger partial charge >= 0.3 is 5.97 Å². The van der Waals surface area contributed by atoms with Crippen LogP contribution in [0.3, 0.4) is 0 Å². The van der Waals surface area contributed by atoms with E-state index in [4.69, 9.17) is 14.6 Å². The lowest BCUT2D eigenvalue weighted by Crippen LogP contribution is -2.42. The lowest BCUT2D eigenvalue weighted by atomic mass is 9.65. The number of nitrogens with one attached hydrogen (secondary N) is 1. The van der Waals surface area contributed by atoms with Crippen LogP contribution in [0.25, 0.3) is 11.1 Å². The number of nitrogens with zero attached hydrogens (tertiary/aromatic N) is 1. The van der Waals surface area contributed by atoms with Crippen molar-refractivity contribution < 1.29 is 29.3 Å². The Morgan fingerprint density at radius 2 is 1.64 bits per heavy atom. The molecule has 3 aliphatic rings. The van der Waals surface area contributed by atoms with Crippen molar-refractivity contribution in [1.82, 2.24) is 10.2 Å². The minimum Gasteiger partial charge on any atom is -0.481 e. The zero-order valence-electron chi connectivity index (χ0n) is 27.8. The number of fused-ring (bicyclic) bond motifs is 2. The second-order valence-corrected chi connectivity index (χ2v) is 14.9. The maximum atomic E-state index is 12.2. The summed E-state index contributed by atoms with van der Waals surface area (Å²) in [6.45, 7) is 9.59. The number of benzene rings is 3. The number of rotatable bonds is 11. The number of carbonyl (C=O) groups excluding carboxylic acids is 1. The zero-order chi connectivity index (χ0) is 33.2.